The van der Waals surface area contributed by atoms with Crippen LogP contribution in [0.1, 0.15) is 23.7 Å². The first-order chi connectivity index (χ1) is 8.41. The van der Waals surface area contributed by atoms with E-state index in [1.54, 1.807) is 0 Å². The molecule has 7 heteroatoms. The number of nitro benzene ring substituents is 1. The van der Waals surface area contributed by atoms with E-state index in [9.17, 15) is 14.9 Å². The quantitative estimate of drug-likeness (QED) is 0.403. The molecule has 0 fully saturated rings. The van der Waals surface area contributed by atoms with Crippen molar-refractivity contribution < 1.29 is 9.72 Å². The smallest absolute Gasteiger partial charge is 0.292 e. The number of nitrogen functional groups attached to an aromatic ring is 1. The number of anilines is 1. The average Bonchev–Trinajstić information content (AvgIpc) is 2.28. The third kappa shape index (κ3) is 3.70. The van der Waals surface area contributed by atoms with E-state index < -0.39 is 4.92 Å². The van der Waals surface area contributed by atoms with Crippen molar-refractivity contribution in [3.63, 3.8) is 0 Å². The van der Waals surface area contributed by atoms with Gasteiger partial charge in [0.25, 0.3) is 11.6 Å². The Morgan fingerprint density at radius 2 is 2.22 bits per heavy atom. The largest absolute Gasteiger partial charge is 0.393 e. The molecule has 98 valence electrons. The lowest BCUT2D eigenvalue weighted by Gasteiger charge is -2.07. The highest BCUT2D eigenvalue weighted by Gasteiger charge is 2.15. The van der Waals surface area contributed by atoms with E-state index in [0.717, 1.165) is 6.07 Å². The topological polar surface area (TPSA) is 124 Å². The summed E-state index contributed by atoms with van der Waals surface area (Å²) in [5.74, 6) is -0.376. The van der Waals surface area contributed by atoms with Crippen LogP contribution in [-0.2, 0) is 0 Å². The maximum Gasteiger partial charge on any atom is 0.292 e. The third-order valence-electron chi connectivity index (χ3n) is 2.37. The summed E-state index contributed by atoms with van der Waals surface area (Å²) in [6.45, 7) is 2.26. The average molecular weight is 252 g/mol. The molecule has 0 bridgehead atoms. The van der Waals surface area contributed by atoms with Crippen LogP contribution in [0.15, 0.2) is 18.2 Å². The first kappa shape index (κ1) is 13.9. The van der Waals surface area contributed by atoms with Crippen LogP contribution in [0, 0.1) is 10.1 Å². The molecule has 1 amide bonds. The molecule has 0 heterocycles. The monoisotopic (exact) mass is 252 g/mol. The molecule has 0 saturated heterocycles. The number of nitrogens with one attached hydrogen (secondary N) is 1. The molecule has 18 heavy (non-hydrogen) atoms. The lowest BCUT2D eigenvalue weighted by atomic mass is 10.1. The van der Waals surface area contributed by atoms with Crippen LogP contribution in [0.5, 0.6) is 0 Å². The van der Waals surface area contributed by atoms with Gasteiger partial charge in [-0.1, -0.05) is 0 Å². The Bertz CT molecular complexity index is 460. The van der Waals surface area contributed by atoms with Crippen molar-refractivity contribution in [2.75, 3.05) is 12.3 Å². The van der Waals surface area contributed by atoms with Crippen molar-refractivity contribution in [1.82, 2.24) is 5.32 Å². The third-order valence-corrected chi connectivity index (χ3v) is 2.37. The number of carbonyl (C=O) groups excluding carboxylic acids is 1. The summed E-state index contributed by atoms with van der Waals surface area (Å²) in [7, 11) is 0. The molecule has 0 spiro atoms. The number of nitro groups is 1. The van der Waals surface area contributed by atoms with Crippen LogP contribution in [0.3, 0.4) is 0 Å². The summed E-state index contributed by atoms with van der Waals surface area (Å²) in [5.41, 5.74) is 11.0. The van der Waals surface area contributed by atoms with Gasteiger partial charge in [0.15, 0.2) is 0 Å². The Kier molecular flexibility index (Phi) is 4.61. The summed E-state index contributed by atoms with van der Waals surface area (Å²) >= 11 is 0. The summed E-state index contributed by atoms with van der Waals surface area (Å²) in [5, 5.41) is 13.3. The van der Waals surface area contributed by atoms with Crippen molar-refractivity contribution in [2.45, 2.75) is 19.4 Å². The SMILES string of the molecule is CC(N)CCNC(=O)c1ccc(N)c([N+](=O)[O-])c1. The van der Waals surface area contributed by atoms with Gasteiger partial charge in [0.2, 0.25) is 0 Å². The molecule has 0 saturated carbocycles. The van der Waals surface area contributed by atoms with Gasteiger partial charge >= 0.3 is 0 Å². The fourth-order valence-corrected chi connectivity index (χ4v) is 1.36. The van der Waals surface area contributed by atoms with Crippen molar-refractivity contribution in [2.24, 2.45) is 5.73 Å². The lowest BCUT2D eigenvalue weighted by Crippen LogP contribution is -2.29. The van der Waals surface area contributed by atoms with Gasteiger partial charge in [-0.05, 0) is 25.5 Å². The molecular formula is C11H16N4O3. The molecular weight excluding hydrogens is 236 g/mol. The van der Waals surface area contributed by atoms with Gasteiger partial charge in [0.05, 0.1) is 4.92 Å². The Hall–Kier alpha value is -2.15. The number of nitrogens with zero attached hydrogens (tertiary/aromatic N) is 1. The standard InChI is InChI=1S/C11H16N4O3/c1-7(12)4-5-14-11(16)8-2-3-9(13)10(6-8)15(17)18/h2-3,6-7H,4-5,12-13H2,1H3,(H,14,16). The Labute approximate surface area is 104 Å². The van der Waals surface area contributed by atoms with E-state index in [1.807, 2.05) is 6.92 Å². The molecule has 7 nitrogen and oxygen atoms in total. The van der Waals surface area contributed by atoms with Crippen LogP contribution in [0.2, 0.25) is 0 Å². The molecule has 1 rings (SSSR count). The molecule has 0 aromatic heterocycles. The van der Waals surface area contributed by atoms with E-state index in [2.05, 4.69) is 5.32 Å². The number of amides is 1. The molecule has 0 aliphatic carbocycles. The van der Waals surface area contributed by atoms with Gasteiger partial charge < -0.3 is 16.8 Å². The predicted octanol–water partition coefficient (Wildman–Crippen LogP) is 0.644. The molecule has 1 aromatic rings. The zero-order chi connectivity index (χ0) is 13.7. The number of rotatable bonds is 5. The minimum absolute atomic E-state index is 0.00828. The zero-order valence-corrected chi connectivity index (χ0v) is 10.1. The molecule has 0 radical (unpaired) electrons. The van der Waals surface area contributed by atoms with Gasteiger partial charge in [-0.25, -0.2) is 0 Å². The fraction of sp³-hybridized carbons (Fsp3) is 0.364. The van der Waals surface area contributed by atoms with Crippen molar-refractivity contribution >= 4 is 17.3 Å². The lowest BCUT2D eigenvalue weighted by molar-refractivity contribution is -0.383. The van der Waals surface area contributed by atoms with Crippen LogP contribution < -0.4 is 16.8 Å². The highest BCUT2D eigenvalue weighted by atomic mass is 16.6. The van der Waals surface area contributed by atoms with Crippen molar-refractivity contribution in [3.8, 4) is 0 Å². The Balaban J connectivity index is 2.74. The van der Waals surface area contributed by atoms with E-state index in [0.29, 0.717) is 13.0 Å². The fourth-order valence-electron chi connectivity index (χ4n) is 1.36. The molecule has 1 aromatic carbocycles. The second kappa shape index (κ2) is 5.97. The Morgan fingerprint density at radius 3 is 2.78 bits per heavy atom. The summed E-state index contributed by atoms with van der Waals surface area (Å²) in [6.07, 6.45) is 0.642. The normalized spacial score (nSPS) is 11.9. The minimum Gasteiger partial charge on any atom is -0.393 e. The van der Waals surface area contributed by atoms with Crippen molar-refractivity contribution in [1.29, 1.82) is 0 Å². The number of hydrogen-bond donors (Lipinski definition) is 3. The summed E-state index contributed by atoms with van der Waals surface area (Å²) < 4.78 is 0. The van der Waals surface area contributed by atoms with Gasteiger partial charge in [0, 0.05) is 24.2 Å². The maximum absolute atomic E-state index is 11.7. The number of benzene rings is 1. The Morgan fingerprint density at radius 1 is 1.56 bits per heavy atom. The number of hydrogen-bond acceptors (Lipinski definition) is 5. The predicted molar refractivity (Wildman–Crippen MR) is 68.1 cm³/mol. The molecule has 1 unspecified atom stereocenters. The van der Waals surface area contributed by atoms with Crippen LogP contribution in [0.4, 0.5) is 11.4 Å². The van der Waals surface area contributed by atoms with Gasteiger partial charge in [-0.3, -0.25) is 14.9 Å². The van der Waals surface area contributed by atoms with Gasteiger partial charge in [-0.2, -0.15) is 0 Å². The van der Waals surface area contributed by atoms with E-state index in [1.165, 1.54) is 12.1 Å². The first-order valence-electron chi connectivity index (χ1n) is 5.49. The molecule has 1 atom stereocenters. The van der Waals surface area contributed by atoms with E-state index >= 15 is 0 Å². The molecule has 0 aliphatic heterocycles. The first-order valence-corrected chi connectivity index (χ1v) is 5.49. The highest BCUT2D eigenvalue weighted by molar-refractivity contribution is 5.95. The van der Waals surface area contributed by atoms with Crippen LogP contribution in [-0.4, -0.2) is 23.4 Å². The van der Waals surface area contributed by atoms with E-state index in [4.69, 9.17) is 11.5 Å². The second-order valence-electron chi connectivity index (χ2n) is 4.05. The van der Waals surface area contributed by atoms with Crippen LogP contribution >= 0.6 is 0 Å². The van der Waals surface area contributed by atoms with Crippen molar-refractivity contribution in [3.05, 3.63) is 33.9 Å². The number of nitrogens with two attached hydrogens (primary N) is 2. The second-order valence-corrected chi connectivity index (χ2v) is 4.05. The van der Waals surface area contributed by atoms with Gasteiger partial charge in [0.1, 0.15) is 5.69 Å². The van der Waals surface area contributed by atoms with Gasteiger partial charge in [-0.15, -0.1) is 0 Å². The maximum atomic E-state index is 11.7. The number of carbonyl (C=O) groups is 1. The summed E-state index contributed by atoms with van der Waals surface area (Å²) in [6, 6.07) is 3.95. The van der Waals surface area contributed by atoms with Crippen LogP contribution in [0.25, 0.3) is 0 Å². The zero-order valence-electron chi connectivity index (χ0n) is 10.1. The molecule has 5 N–H and O–H groups in total. The summed E-state index contributed by atoms with van der Waals surface area (Å²) in [4.78, 5) is 21.8. The minimum atomic E-state index is -0.617. The van der Waals surface area contributed by atoms with E-state index in [-0.39, 0.29) is 28.9 Å². The molecule has 0 aliphatic rings. The highest BCUT2D eigenvalue weighted by Crippen LogP contribution is 2.22.